The Bertz CT molecular complexity index is 1100. The van der Waals surface area contributed by atoms with E-state index in [1.807, 2.05) is 42.5 Å². The summed E-state index contributed by atoms with van der Waals surface area (Å²) in [4.78, 5) is 22.2. The van der Waals surface area contributed by atoms with Crippen molar-refractivity contribution >= 4 is 13.8 Å². The number of esters is 1. The van der Waals surface area contributed by atoms with Crippen molar-refractivity contribution in [2.45, 2.75) is 154 Å². The van der Waals surface area contributed by atoms with Crippen LogP contribution in [0.3, 0.4) is 0 Å². The van der Waals surface area contributed by atoms with Crippen LogP contribution in [-0.4, -0.2) is 54.5 Å². The second-order valence-electron chi connectivity index (χ2n) is 13.0. The Kier molecular flexibility index (Phi) is 37.3. The average Bonchev–Trinajstić information content (AvgIpc) is 3.14. The summed E-state index contributed by atoms with van der Waals surface area (Å²) in [7, 11) is -4.29. The first kappa shape index (κ1) is 50.5. The number of aliphatic hydroxyl groups excluding tert-OH is 1. The monoisotopic (exact) mass is 764 g/mol. The van der Waals surface area contributed by atoms with Gasteiger partial charge in [-0.2, -0.15) is 0 Å². The molecule has 0 heterocycles. The fourth-order valence-electron chi connectivity index (χ4n) is 4.97. The summed E-state index contributed by atoms with van der Waals surface area (Å²) in [5, 5.41) is 9.82. The number of hydrogen-bond donors (Lipinski definition) is 3. The van der Waals surface area contributed by atoms with Crippen molar-refractivity contribution in [3.63, 3.8) is 0 Å². The third kappa shape index (κ3) is 39.0. The molecule has 0 bridgehead atoms. The summed E-state index contributed by atoms with van der Waals surface area (Å²) in [5.41, 5.74) is 5.35. The van der Waals surface area contributed by atoms with E-state index in [0.29, 0.717) is 12.8 Å². The van der Waals surface area contributed by atoms with Gasteiger partial charge in [0.2, 0.25) is 0 Å². The van der Waals surface area contributed by atoms with Crippen LogP contribution in [0.4, 0.5) is 0 Å². The van der Waals surface area contributed by atoms with Crippen LogP contribution in [0.2, 0.25) is 0 Å². The summed E-state index contributed by atoms with van der Waals surface area (Å²) in [5.74, 6) is -0.388. The lowest BCUT2D eigenvalue weighted by Gasteiger charge is -2.19. The van der Waals surface area contributed by atoms with Crippen LogP contribution in [0.15, 0.2) is 85.3 Å². The summed E-state index contributed by atoms with van der Waals surface area (Å²) < 4.78 is 33.0. The predicted octanol–water partition coefficient (Wildman–Crippen LogP) is 11.1. The summed E-state index contributed by atoms with van der Waals surface area (Å²) in [6, 6.07) is 0. The van der Waals surface area contributed by atoms with Gasteiger partial charge in [0.1, 0.15) is 6.61 Å². The molecule has 0 aromatic carbocycles. The molecule has 0 rings (SSSR count). The molecule has 53 heavy (non-hydrogen) atoms. The van der Waals surface area contributed by atoms with Gasteiger partial charge >= 0.3 is 13.8 Å². The van der Waals surface area contributed by atoms with Crippen LogP contribution in [-0.2, 0) is 27.9 Å². The lowest BCUT2D eigenvalue weighted by Crippen LogP contribution is -2.25. The fraction of sp³-hybridized carbons (Fsp3) is 0.651. The van der Waals surface area contributed by atoms with E-state index in [4.69, 9.17) is 24.3 Å². The van der Waals surface area contributed by atoms with E-state index in [9.17, 15) is 19.4 Å². The number of phosphoric ester groups is 1. The summed E-state index contributed by atoms with van der Waals surface area (Å²) >= 11 is 0. The first-order valence-corrected chi connectivity index (χ1v) is 21.7. The zero-order valence-electron chi connectivity index (χ0n) is 33.1. The SMILES string of the molecule is CC/C=C\CC(O)/C=C/C=C/C/C=C\C/C=C\C/C=C\CCC(=O)OC[C@H](COP(=O)(O)OCCN)O/C=C/CCCCCCCCCCCCCC. The highest BCUT2D eigenvalue weighted by atomic mass is 31.2. The molecule has 4 N–H and O–H groups in total. The highest BCUT2D eigenvalue weighted by Gasteiger charge is 2.24. The highest BCUT2D eigenvalue weighted by Crippen LogP contribution is 2.43. The molecule has 0 spiro atoms. The van der Waals surface area contributed by atoms with Crippen molar-refractivity contribution in [2.75, 3.05) is 26.4 Å². The normalized spacial score (nSPS) is 15.0. The van der Waals surface area contributed by atoms with Crippen LogP contribution >= 0.6 is 7.82 Å². The van der Waals surface area contributed by atoms with Crippen molar-refractivity contribution in [3.05, 3.63) is 85.3 Å². The van der Waals surface area contributed by atoms with Crippen LogP contribution in [0.5, 0.6) is 0 Å². The molecule has 0 radical (unpaired) electrons. The number of unbranched alkanes of at least 4 members (excludes halogenated alkanes) is 12. The maximum atomic E-state index is 12.3. The molecule has 10 heteroatoms. The third-order valence-electron chi connectivity index (χ3n) is 8.01. The van der Waals surface area contributed by atoms with Crippen LogP contribution < -0.4 is 5.73 Å². The molecule has 2 unspecified atom stereocenters. The molecule has 0 aromatic rings. The molecule has 0 aromatic heterocycles. The van der Waals surface area contributed by atoms with E-state index in [1.165, 1.54) is 70.6 Å². The maximum Gasteiger partial charge on any atom is 0.472 e. The van der Waals surface area contributed by atoms with E-state index in [0.717, 1.165) is 38.5 Å². The minimum absolute atomic E-state index is 0.0813. The van der Waals surface area contributed by atoms with Crippen molar-refractivity contribution < 1.29 is 37.9 Å². The predicted molar refractivity (Wildman–Crippen MR) is 220 cm³/mol. The Balaban J connectivity index is 4.30. The smallest absolute Gasteiger partial charge is 0.472 e. The van der Waals surface area contributed by atoms with E-state index >= 15 is 0 Å². The third-order valence-corrected chi connectivity index (χ3v) is 8.99. The van der Waals surface area contributed by atoms with Gasteiger partial charge in [0.15, 0.2) is 6.10 Å². The molecule has 0 aliphatic rings. The fourth-order valence-corrected chi connectivity index (χ4v) is 5.74. The van der Waals surface area contributed by atoms with Gasteiger partial charge in [-0.25, -0.2) is 4.57 Å². The van der Waals surface area contributed by atoms with Crippen LogP contribution in [0.25, 0.3) is 0 Å². The Labute approximate surface area is 322 Å². The standard InChI is InChI=1S/C43H74NO8P/c1-3-5-7-8-9-10-11-12-16-19-22-25-28-32-37-49-42(40-52-53(47,48)51-38-36-44)39-50-43(46)35-31-27-24-21-18-15-13-14-17-20-23-26-30-34-41(45)33-29-6-4-2/h6,14-15,17-18,23-24,26-27,29-30,32,34,37,41-42,45H,3-5,7-13,16,19-22,25,28,31,33,35-36,38-40,44H2,1-2H3,(H,47,48)/b17-14-,18-15-,26-23+,27-24-,29-6-,34-30+,37-32+/t41?,42-/m1/s1. The van der Waals surface area contributed by atoms with Gasteiger partial charge in [0.25, 0.3) is 0 Å². The maximum absolute atomic E-state index is 12.3. The molecular formula is C43H74NO8P. The number of allylic oxidation sites excluding steroid dienone is 11. The van der Waals surface area contributed by atoms with Crippen molar-refractivity contribution in [1.29, 1.82) is 0 Å². The number of phosphoric acid groups is 1. The zero-order valence-corrected chi connectivity index (χ0v) is 34.0. The molecule has 3 atom stereocenters. The number of carbonyl (C=O) groups excluding carboxylic acids is 1. The van der Waals surface area contributed by atoms with Gasteiger partial charge in [-0.05, 0) is 57.4 Å². The van der Waals surface area contributed by atoms with Gasteiger partial charge < -0.3 is 25.2 Å². The molecule has 9 nitrogen and oxygen atoms in total. The summed E-state index contributed by atoms with van der Waals surface area (Å²) in [6.45, 7) is 3.89. The first-order valence-electron chi connectivity index (χ1n) is 20.2. The number of ether oxygens (including phenoxy) is 2. The Hall–Kier alpha value is -2.52. The van der Waals surface area contributed by atoms with Crippen molar-refractivity contribution in [1.82, 2.24) is 0 Å². The van der Waals surface area contributed by atoms with E-state index in [-0.39, 0.29) is 38.8 Å². The van der Waals surface area contributed by atoms with Crippen LogP contribution in [0, 0.1) is 0 Å². The lowest BCUT2D eigenvalue weighted by atomic mass is 10.0. The molecular weight excluding hydrogens is 689 g/mol. The quantitative estimate of drug-likeness (QED) is 0.0141. The molecule has 0 saturated carbocycles. The Morgan fingerprint density at radius 1 is 0.698 bits per heavy atom. The largest absolute Gasteiger partial charge is 0.492 e. The van der Waals surface area contributed by atoms with E-state index < -0.39 is 20.0 Å². The molecule has 0 aliphatic carbocycles. The second kappa shape index (κ2) is 39.2. The van der Waals surface area contributed by atoms with Crippen molar-refractivity contribution in [2.24, 2.45) is 5.73 Å². The number of aliphatic hydroxyl groups is 1. The number of nitrogens with two attached hydrogens (primary N) is 1. The van der Waals surface area contributed by atoms with Gasteiger partial charge in [-0.3, -0.25) is 13.8 Å². The average molecular weight is 764 g/mol. The topological polar surface area (TPSA) is 138 Å². The van der Waals surface area contributed by atoms with E-state index in [2.05, 4.69) is 44.2 Å². The zero-order chi connectivity index (χ0) is 38.9. The van der Waals surface area contributed by atoms with Gasteiger partial charge in [-0.15, -0.1) is 0 Å². The lowest BCUT2D eigenvalue weighted by molar-refractivity contribution is -0.147. The second-order valence-corrected chi connectivity index (χ2v) is 14.5. The molecule has 0 fully saturated rings. The minimum Gasteiger partial charge on any atom is -0.492 e. The van der Waals surface area contributed by atoms with Gasteiger partial charge in [-0.1, -0.05) is 157 Å². The number of carbonyl (C=O) groups is 1. The van der Waals surface area contributed by atoms with Crippen molar-refractivity contribution in [3.8, 4) is 0 Å². The van der Waals surface area contributed by atoms with Crippen LogP contribution in [0.1, 0.15) is 142 Å². The number of rotatable bonds is 37. The van der Waals surface area contributed by atoms with Gasteiger partial charge in [0.05, 0.1) is 25.6 Å². The van der Waals surface area contributed by atoms with E-state index in [1.54, 1.807) is 12.3 Å². The molecule has 0 amide bonds. The minimum atomic E-state index is -4.29. The first-order chi connectivity index (χ1) is 25.8. The van der Waals surface area contributed by atoms with Gasteiger partial charge in [0, 0.05) is 13.0 Å². The number of hydrogen-bond acceptors (Lipinski definition) is 8. The Morgan fingerprint density at radius 2 is 1.30 bits per heavy atom. The molecule has 0 saturated heterocycles. The molecule has 0 aliphatic heterocycles. The molecule has 304 valence electrons. The Morgan fingerprint density at radius 3 is 1.92 bits per heavy atom. The highest BCUT2D eigenvalue weighted by molar-refractivity contribution is 7.47. The summed E-state index contributed by atoms with van der Waals surface area (Å²) in [6.07, 6.45) is 47.6.